The van der Waals surface area contributed by atoms with Gasteiger partial charge < -0.3 is 0 Å². The third-order valence-electron chi connectivity index (χ3n) is 0. The fourth-order valence-electron chi connectivity index (χ4n) is 0. The predicted octanol–water partition coefficient (Wildman–Crippen LogP) is -0.391. The largest absolute Gasteiger partial charge is 0 e. The molecule has 0 N–H and O–H groups in total. The van der Waals surface area contributed by atoms with Gasteiger partial charge in [-0.3, -0.25) is 0 Å². The number of hydrogen-bond acceptors (Lipinski definition) is 0. The third-order valence-corrected chi connectivity index (χ3v) is 0. The zero-order valence-electron chi connectivity index (χ0n) is 2.27. The van der Waals surface area contributed by atoms with Crippen LogP contribution in [0.3, 0.4) is 0 Å². The zero-order valence-corrected chi connectivity index (χ0v) is 10.3. The first-order valence-corrected chi connectivity index (χ1v) is 0. The van der Waals surface area contributed by atoms with Crippen molar-refractivity contribution in [3.05, 3.63) is 0 Å². The Hall–Kier alpha value is 2.57. The molecule has 0 aliphatic rings. The van der Waals surface area contributed by atoms with Crippen LogP contribution in [0.15, 0.2) is 0 Å². The normalized spacial score (nSPS) is 0. The molecule has 0 rings (SSSR count). The smallest absolute Gasteiger partial charge is 0 e. The minimum absolute atomic E-state index is 0. The van der Waals surface area contributed by atoms with Crippen LogP contribution in [-0.4, -0.2) is 11.0 Å². The molecule has 0 nitrogen and oxygen atoms in total. The van der Waals surface area contributed by atoms with Gasteiger partial charge in [-0.05, 0) is 0 Å². The summed E-state index contributed by atoms with van der Waals surface area (Å²) in [5.74, 6) is 0. The van der Waals surface area contributed by atoms with Gasteiger partial charge in [-0.2, -0.15) is 0 Å². The molecule has 5 heteroatoms. The van der Waals surface area contributed by atoms with Crippen LogP contribution in [0, 0.1) is 0 Å². The van der Waals surface area contributed by atoms with E-state index in [1.807, 2.05) is 0 Å². The van der Waals surface area contributed by atoms with E-state index >= 15 is 0 Å². The topological polar surface area (TPSA) is 0 Å². The molecule has 0 saturated heterocycles. The van der Waals surface area contributed by atoms with Crippen molar-refractivity contribution >= 4 is 11.0 Å². The third kappa shape index (κ3) is 20.8. The van der Waals surface area contributed by atoms with Crippen LogP contribution in [0.1, 0.15) is 0 Å². The molecule has 0 fully saturated rings. The summed E-state index contributed by atoms with van der Waals surface area (Å²) in [6, 6.07) is 0. The average molecular weight is 309 g/mol. The van der Waals surface area contributed by atoms with E-state index in [0.29, 0.717) is 0 Å². The summed E-state index contributed by atoms with van der Waals surface area (Å²) in [6.45, 7) is 0. The Balaban J connectivity index is 0. The summed E-state index contributed by atoms with van der Waals surface area (Å²) in [4.78, 5) is 0. The van der Waals surface area contributed by atoms with Crippen molar-refractivity contribution < 1.29 is 74.7 Å². The maximum Gasteiger partial charge on any atom is 0 e. The van der Waals surface area contributed by atoms with Gasteiger partial charge in [-0.15, -0.1) is 0 Å². The SMILES string of the molecule is [Cu].[Fe].[Mo].[Si].[Zn]. The molecule has 0 atom stereocenters. The monoisotopic (exact) mass is 309 g/mol. The van der Waals surface area contributed by atoms with Crippen molar-refractivity contribution in [3.8, 4) is 0 Å². The molecule has 0 aromatic carbocycles. The van der Waals surface area contributed by atoms with Crippen LogP contribution in [-0.2, 0) is 74.7 Å². The van der Waals surface area contributed by atoms with E-state index < -0.39 is 0 Å². The second-order valence-corrected chi connectivity index (χ2v) is 0. The van der Waals surface area contributed by atoms with Gasteiger partial charge in [0.15, 0.2) is 0 Å². The van der Waals surface area contributed by atoms with E-state index in [0.717, 1.165) is 0 Å². The summed E-state index contributed by atoms with van der Waals surface area (Å²) in [5, 5.41) is 0. The maximum absolute atomic E-state index is 0. The molecule has 0 heterocycles. The Bertz CT molecular complexity index is 11.6. The van der Waals surface area contributed by atoms with E-state index in [4.69, 9.17) is 0 Å². The molecule has 0 aliphatic heterocycles. The number of rotatable bonds is 0. The van der Waals surface area contributed by atoms with Crippen molar-refractivity contribution in [2.45, 2.75) is 0 Å². The Morgan fingerprint density at radius 1 is 1.00 bits per heavy atom. The van der Waals surface area contributed by atoms with Crippen molar-refractivity contribution in [3.63, 3.8) is 0 Å². The van der Waals surface area contributed by atoms with Crippen LogP contribution in [0.2, 0.25) is 0 Å². The minimum Gasteiger partial charge on any atom is 0 e. The van der Waals surface area contributed by atoms with Gasteiger partial charge in [0.1, 0.15) is 0 Å². The van der Waals surface area contributed by atoms with E-state index in [1.165, 1.54) is 0 Å². The van der Waals surface area contributed by atoms with Crippen molar-refractivity contribution in [1.82, 2.24) is 0 Å². The van der Waals surface area contributed by atoms with Gasteiger partial charge in [-0.1, -0.05) is 0 Å². The van der Waals surface area contributed by atoms with E-state index in [2.05, 4.69) is 0 Å². The average Bonchev–Trinajstić information content (AvgIpc) is 0. The fourth-order valence-corrected chi connectivity index (χ4v) is 0. The van der Waals surface area contributed by atoms with E-state index in [1.54, 1.807) is 0 Å². The van der Waals surface area contributed by atoms with Crippen LogP contribution in [0.5, 0.6) is 0 Å². The predicted molar refractivity (Wildman–Crippen MR) is 5.75 cm³/mol. The van der Waals surface area contributed by atoms with Crippen molar-refractivity contribution in [1.29, 1.82) is 0 Å². The summed E-state index contributed by atoms with van der Waals surface area (Å²) in [7, 11) is 0. The first kappa shape index (κ1) is 49.5. The Labute approximate surface area is 84.6 Å². The molecule has 0 unspecified atom stereocenters. The second kappa shape index (κ2) is 30.9. The van der Waals surface area contributed by atoms with Crippen LogP contribution < -0.4 is 0 Å². The summed E-state index contributed by atoms with van der Waals surface area (Å²) in [5.41, 5.74) is 0. The molecule has 5 radical (unpaired) electrons. The van der Waals surface area contributed by atoms with Gasteiger partial charge in [-0.25, -0.2) is 0 Å². The molecule has 0 saturated carbocycles. The van der Waals surface area contributed by atoms with Crippen molar-refractivity contribution in [2.75, 3.05) is 0 Å². The molecule has 0 aromatic heterocycles. The molecular formula is CuFeMoSiZn. The fraction of sp³-hybridized carbons (Fsp3) is 0. The molecule has 5 heavy (non-hydrogen) atoms. The summed E-state index contributed by atoms with van der Waals surface area (Å²) >= 11 is 0. The standard InChI is InChI=1S/Cu.Fe.Mo.Si.Zn. The van der Waals surface area contributed by atoms with E-state index in [-0.39, 0.29) is 85.6 Å². The molecule has 0 aromatic rings. The Kier molecular flexibility index (Phi) is 306. The van der Waals surface area contributed by atoms with Gasteiger partial charge in [0.25, 0.3) is 0 Å². The minimum atomic E-state index is 0. The van der Waals surface area contributed by atoms with Crippen molar-refractivity contribution in [2.24, 2.45) is 0 Å². The van der Waals surface area contributed by atoms with Crippen LogP contribution in [0.4, 0.5) is 0 Å². The molecule has 0 amide bonds. The van der Waals surface area contributed by atoms with Crippen LogP contribution >= 0.6 is 0 Å². The van der Waals surface area contributed by atoms with Gasteiger partial charge in [0.05, 0.1) is 0 Å². The Morgan fingerprint density at radius 3 is 1.00 bits per heavy atom. The van der Waals surface area contributed by atoms with Gasteiger partial charge in [0, 0.05) is 85.6 Å². The van der Waals surface area contributed by atoms with E-state index in [9.17, 15) is 0 Å². The summed E-state index contributed by atoms with van der Waals surface area (Å²) < 4.78 is 0. The Morgan fingerprint density at radius 2 is 1.00 bits per heavy atom. The van der Waals surface area contributed by atoms with Gasteiger partial charge >= 0.3 is 0 Å². The zero-order chi connectivity index (χ0) is 0. The number of hydrogen-bond donors (Lipinski definition) is 0. The maximum atomic E-state index is 0. The molecule has 0 aliphatic carbocycles. The quantitative estimate of drug-likeness (QED) is 0.535. The van der Waals surface area contributed by atoms with Crippen LogP contribution in [0.25, 0.3) is 0 Å². The molecular weight excluding hydrogens is 309 g/mol. The molecule has 0 bridgehead atoms. The van der Waals surface area contributed by atoms with Gasteiger partial charge in [0.2, 0.25) is 0 Å². The molecule has 0 spiro atoms. The molecule has 31 valence electrons. The summed E-state index contributed by atoms with van der Waals surface area (Å²) in [6.07, 6.45) is 0. The first-order chi connectivity index (χ1) is 0. The second-order valence-electron chi connectivity index (χ2n) is 0. The first-order valence-electron chi connectivity index (χ1n) is 0.